The van der Waals surface area contributed by atoms with Gasteiger partial charge in [0.1, 0.15) is 0 Å². The molecule has 1 aromatic rings. The Kier molecular flexibility index (Phi) is 3.18. The van der Waals surface area contributed by atoms with Crippen molar-refractivity contribution in [2.45, 2.75) is 20.8 Å². The molecule has 0 atom stereocenters. The highest BCUT2D eigenvalue weighted by atomic mass is 16.1. The van der Waals surface area contributed by atoms with Crippen LogP contribution >= 0.6 is 0 Å². The number of carbonyl (C=O) groups excluding carboxylic acids is 2. The van der Waals surface area contributed by atoms with E-state index < -0.39 is 0 Å². The molecule has 0 saturated carbocycles. The number of carbonyl (C=O) groups is 2. The quantitative estimate of drug-likeness (QED) is 0.687. The zero-order valence-electron chi connectivity index (χ0n) is 8.70. The summed E-state index contributed by atoms with van der Waals surface area (Å²) < 4.78 is 0. The molecule has 0 N–H and O–H groups in total. The zero-order valence-corrected chi connectivity index (χ0v) is 8.70. The van der Waals surface area contributed by atoms with Gasteiger partial charge in [0.25, 0.3) is 0 Å². The molecule has 0 radical (unpaired) electrons. The largest absolute Gasteiger partial charge is 0.295 e. The Morgan fingerprint density at radius 3 is 2.21 bits per heavy atom. The molecule has 74 valence electrons. The van der Waals surface area contributed by atoms with Crippen molar-refractivity contribution in [3.8, 4) is 0 Å². The molecule has 0 aromatic heterocycles. The minimum absolute atomic E-state index is 0.0107. The van der Waals surface area contributed by atoms with Gasteiger partial charge in [-0.05, 0) is 13.0 Å². The predicted octanol–water partition coefficient (Wildman–Crippen LogP) is 2.73. The van der Waals surface area contributed by atoms with Crippen molar-refractivity contribution in [2.75, 3.05) is 0 Å². The molecule has 2 nitrogen and oxygen atoms in total. The van der Waals surface area contributed by atoms with Gasteiger partial charge in [0.05, 0.1) is 0 Å². The second-order valence-electron chi connectivity index (χ2n) is 3.66. The summed E-state index contributed by atoms with van der Waals surface area (Å²) in [5, 5.41) is 0. The van der Waals surface area contributed by atoms with E-state index in [1.165, 1.54) is 6.92 Å². The number of Topliss-reactive ketones (excluding diaryl/α,β-unsaturated/α-hetero) is 2. The average Bonchev–Trinajstić information content (AvgIpc) is 2.16. The molecule has 14 heavy (non-hydrogen) atoms. The van der Waals surface area contributed by atoms with Gasteiger partial charge in [-0.1, -0.05) is 32.0 Å². The van der Waals surface area contributed by atoms with E-state index in [2.05, 4.69) is 0 Å². The highest BCUT2D eigenvalue weighted by Crippen LogP contribution is 2.11. The summed E-state index contributed by atoms with van der Waals surface area (Å²) in [4.78, 5) is 22.7. The van der Waals surface area contributed by atoms with Crippen molar-refractivity contribution < 1.29 is 9.59 Å². The number of rotatable bonds is 3. The molecule has 0 amide bonds. The van der Waals surface area contributed by atoms with Crippen LogP contribution in [0.2, 0.25) is 0 Å². The lowest BCUT2D eigenvalue weighted by Gasteiger charge is -2.04. The number of benzene rings is 1. The lowest BCUT2D eigenvalue weighted by molar-refractivity contribution is 0.0939. The van der Waals surface area contributed by atoms with Crippen LogP contribution in [-0.4, -0.2) is 11.6 Å². The van der Waals surface area contributed by atoms with Crippen LogP contribution in [-0.2, 0) is 0 Å². The maximum Gasteiger partial charge on any atom is 0.165 e. The van der Waals surface area contributed by atoms with Gasteiger partial charge in [0.15, 0.2) is 11.6 Å². The Hall–Kier alpha value is -1.44. The Bertz CT molecular complexity index is 364. The monoisotopic (exact) mass is 190 g/mol. The Balaban J connectivity index is 3.06. The Morgan fingerprint density at radius 1 is 1.14 bits per heavy atom. The van der Waals surface area contributed by atoms with Crippen molar-refractivity contribution in [1.29, 1.82) is 0 Å². The lowest BCUT2D eigenvalue weighted by atomic mass is 9.98. The predicted molar refractivity (Wildman–Crippen MR) is 55.6 cm³/mol. The SMILES string of the molecule is CC(=O)c1cccc(C(=O)C(C)C)c1. The normalized spacial score (nSPS) is 10.3. The number of ketones is 2. The second kappa shape index (κ2) is 4.18. The standard InChI is InChI=1S/C12H14O2/c1-8(2)12(14)11-6-4-5-10(7-11)9(3)13/h4-8H,1-3H3. The van der Waals surface area contributed by atoms with Gasteiger partial charge in [-0.15, -0.1) is 0 Å². The van der Waals surface area contributed by atoms with Crippen LogP contribution in [0.5, 0.6) is 0 Å². The smallest absolute Gasteiger partial charge is 0.165 e. The van der Waals surface area contributed by atoms with Crippen molar-refractivity contribution in [1.82, 2.24) is 0 Å². The molecule has 0 saturated heterocycles. The molecule has 0 aliphatic rings. The van der Waals surface area contributed by atoms with Gasteiger partial charge in [0.2, 0.25) is 0 Å². The molecule has 0 aliphatic carbocycles. The molecule has 2 heteroatoms. The second-order valence-corrected chi connectivity index (χ2v) is 3.66. The summed E-state index contributed by atoms with van der Waals surface area (Å²) in [5.74, 6) is 0.0358. The fourth-order valence-corrected chi connectivity index (χ4v) is 1.22. The molecule has 0 bridgehead atoms. The third-order valence-electron chi connectivity index (χ3n) is 2.08. The molecule has 1 rings (SSSR count). The molecule has 0 fully saturated rings. The number of hydrogen-bond donors (Lipinski definition) is 0. The van der Waals surface area contributed by atoms with Crippen LogP contribution in [0.1, 0.15) is 41.5 Å². The molecule has 0 heterocycles. The first-order valence-electron chi connectivity index (χ1n) is 4.67. The van der Waals surface area contributed by atoms with Crippen molar-refractivity contribution >= 4 is 11.6 Å². The third-order valence-corrected chi connectivity index (χ3v) is 2.08. The summed E-state index contributed by atoms with van der Waals surface area (Å²) in [6, 6.07) is 6.87. The molecular formula is C12H14O2. The summed E-state index contributed by atoms with van der Waals surface area (Å²) in [6.07, 6.45) is 0. The van der Waals surface area contributed by atoms with E-state index in [9.17, 15) is 9.59 Å². The molecule has 0 aliphatic heterocycles. The van der Waals surface area contributed by atoms with E-state index in [1.807, 2.05) is 13.8 Å². The first-order valence-corrected chi connectivity index (χ1v) is 4.67. The van der Waals surface area contributed by atoms with Gasteiger partial charge in [-0.25, -0.2) is 0 Å². The van der Waals surface area contributed by atoms with Crippen LogP contribution < -0.4 is 0 Å². The summed E-state index contributed by atoms with van der Waals surface area (Å²) in [7, 11) is 0. The van der Waals surface area contributed by atoms with E-state index >= 15 is 0 Å². The topological polar surface area (TPSA) is 34.1 Å². The van der Waals surface area contributed by atoms with Crippen molar-refractivity contribution in [3.63, 3.8) is 0 Å². The zero-order chi connectivity index (χ0) is 10.7. The maximum atomic E-state index is 11.6. The fraction of sp³-hybridized carbons (Fsp3) is 0.333. The number of hydrogen-bond acceptors (Lipinski definition) is 2. The van der Waals surface area contributed by atoms with E-state index in [0.29, 0.717) is 11.1 Å². The molecule has 1 aromatic carbocycles. The summed E-state index contributed by atoms with van der Waals surface area (Å²) in [6.45, 7) is 5.20. The summed E-state index contributed by atoms with van der Waals surface area (Å²) >= 11 is 0. The Labute approximate surface area is 83.9 Å². The average molecular weight is 190 g/mol. The highest BCUT2D eigenvalue weighted by Gasteiger charge is 2.11. The van der Waals surface area contributed by atoms with Crippen LogP contribution in [0.25, 0.3) is 0 Å². The Morgan fingerprint density at radius 2 is 1.71 bits per heavy atom. The van der Waals surface area contributed by atoms with Gasteiger partial charge in [0, 0.05) is 17.0 Å². The maximum absolute atomic E-state index is 11.6. The van der Waals surface area contributed by atoms with Gasteiger partial charge in [-0.2, -0.15) is 0 Å². The minimum atomic E-state index is -0.0304. The minimum Gasteiger partial charge on any atom is -0.295 e. The van der Waals surface area contributed by atoms with E-state index in [1.54, 1.807) is 24.3 Å². The lowest BCUT2D eigenvalue weighted by Crippen LogP contribution is -2.08. The first kappa shape index (κ1) is 10.6. The van der Waals surface area contributed by atoms with Crippen LogP contribution in [0.3, 0.4) is 0 Å². The fourth-order valence-electron chi connectivity index (χ4n) is 1.22. The molecule has 0 unspecified atom stereocenters. The van der Waals surface area contributed by atoms with Crippen molar-refractivity contribution in [3.05, 3.63) is 35.4 Å². The van der Waals surface area contributed by atoms with E-state index in [-0.39, 0.29) is 17.5 Å². The molecular weight excluding hydrogens is 176 g/mol. The van der Waals surface area contributed by atoms with Crippen molar-refractivity contribution in [2.24, 2.45) is 5.92 Å². The van der Waals surface area contributed by atoms with Gasteiger partial charge < -0.3 is 0 Å². The van der Waals surface area contributed by atoms with E-state index in [0.717, 1.165) is 0 Å². The molecule has 0 spiro atoms. The highest BCUT2D eigenvalue weighted by molar-refractivity contribution is 6.01. The van der Waals surface area contributed by atoms with Crippen LogP contribution in [0.15, 0.2) is 24.3 Å². The van der Waals surface area contributed by atoms with E-state index in [4.69, 9.17) is 0 Å². The van der Waals surface area contributed by atoms with Gasteiger partial charge >= 0.3 is 0 Å². The third kappa shape index (κ3) is 2.28. The van der Waals surface area contributed by atoms with Crippen LogP contribution in [0.4, 0.5) is 0 Å². The summed E-state index contributed by atoms with van der Waals surface area (Å²) in [5.41, 5.74) is 1.21. The van der Waals surface area contributed by atoms with Gasteiger partial charge in [-0.3, -0.25) is 9.59 Å². The first-order chi connectivity index (χ1) is 6.52. The van der Waals surface area contributed by atoms with Crippen LogP contribution in [0, 0.1) is 5.92 Å².